The summed E-state index contributed by atoms with van der Waals surface area (Å²) in [5, 5.41) is 24.7. The van der Waals surface area contributed by atoms with Gasteiger partial charge in [-0.25, -0.2) is 19.6 Å². The summed E-state index contributed by atoms with van der Waals surface area (Å²) in [7, 11) is 0. The third kappa shape index (κ3) is 23.9. The van der Waals surface area contributed by atoms with Crippen LogP contribution in [0.2, 0.25) is 25.1 Å². The van der Waals surface area contributed by atoms with Gasteiger partial charge in [-0.05, 0) is 170 Å². The number of aromatic nitrogens is 10. The smallest absolute Gasteiger partial charge is 0.272 e. The van der Waals surface area contributed by atoms with Gasteiger partial charge >= 0.3 is 0 Å². The van der Waals surface area contributed by atoms with E-state index in [4.69, 9.17) is 67.5 Å². The highest BCUT2D eigenvalue weighted by Gasteiger charge is 2.22. The zero-order valence-corrected chi connectivity index (χ0v) is 67.4. The van der Waals surface area contributed by atoms with Gasteiger partial charge in [-0.1, -0.05) is 88.3 Å². The van der Waals surface area contributed by atoms with Crippen molar-refractivity contribution >= 4 is 128 Å². The normalized spacial score (nSPS) is 12.8. The lowest BCUT2D eigenvalue weighted by Gasteiger charge is -2.26. The minimum Gasteiger partial charge on any atom is -0.379 e. The second kappa shape index (κ2) is 42.2. The van der Waals surface area contributed by atoms with Gasteiger partial charge in [0, 0.05) is 178 Å². The first-order valence-corrected chi connectivity index (χ1v) is 39.5. The van der Waals surface area contributed by atoms with Gasteiger partial charge in [-0.2, -0.15) is 5.10 Å². The summed E-state index contributed by atoms with van der Waals surface area (Å²) in [4.78, 5) is 106. The van der Waals surface area contributed by atoms with E-state index in [-0.39, 0.29) is 29.5 Å². The van der Waals surface area contributed by atoms with Gasteiger partial charge in [0.05, 0.1) is 96.6 Å². The third-order valence-electron chi connectivity index (χ3n) is 18.3. The second-order valence-electron chi connectivity index (χ2n) is 26.4. The fraction of sp³-hybridized carbons (Fsp3) is 0.148. The van der Waals surface area contributed by atoms with Crippen LogP contribution in [0.3, 0.4) is 0 Å². The van der Waals surface area contributed by atoms with Crippen molar-refractivity contribution in [3.8, 4) is 50.8 Å². The molecule has 0 spiro atoms. The summed E-state index contributed by atoms with van der Waals surface area (Å²) in [6.07, 6.45) is 22.0. The molecule has 6 N–H and O–H groups in total. The molecule has 0 aliphatic carbocycles. The molecule has 0 bridgehead atoms. The van der Waals surface area contributed by atoms with Crippen molar-refractivity contribution in [2.75, 3.05) is 104 Å². The number of rotatable bonds is 22. The Kier molecular flexibility index (Phi) is 29.8. The Morgan fingerprint density at radius 3 is 1.26 bits per heavy atom. The first-order chi connectivity index (χ1) is 58.1. The molecule has 9 aromatic heterocycles. The number of nitrogens with one attached hydrogen (secondary N) is 6. The molecule has 119 heavy (non-hydrogen) atoms. The van der Waals surface area contributed by atoms with Gasteiger partial charge in [-0.3, -0.25) is 58.8 Å². The van der Waals surface area contributed by atoms with Crippen LogP contribution in [0.4, 0.5) is 34.4 Å². The lowest BCUT2D eigenvalue weighted by atomic mass is 10.1. The molecule has 0 unspecified atom stereocenters. The molecular formula is C88H76Cl5N19O7. The number of hydrogen-bond donors (Lipinski definition) is 6. The molecule has 4 aromatic carbocycles. The number of aliphatic imine (C=N–C) groups is 1. The Balaban J connectivity index is 0.000000138. The van der Waals surface area contributed by atoms with E-state index in [2.05, 4.69) is 92.8 Å². The minimum absolute atomic E-state index is 0.164. The number of amides is 5. The van der Waals surface area contributed by atoms with Gasteiger partial charge < -0.3 is 46.3 Å². The summed E-state index contributed by atoms with van der Waals surface area (Å²) >= 11 is 31.5. The van der Waals surface area contributed by atoms with Gasteiger partial charge in [0.2, 0.25) is 0 Å². The van der Waals surface area contributed by atoms with Crippen molar-refractivity contribution in [3.05, 3.63) is 321 Å². The van der Waals surface area contributed by atoms with Crippen molar-refractivity contribution in [2.45, 2.75) is 12.8 Å². The predicted octanol–water partition coefficient (Wildman–Crippen LogP) is 17.4. The molecule has 5 amide bonds. The number of carbonyl (C=O) groups excluding carboxylic acids is 5. The summed E-state index contributed by atoms with van der Waals surface area (Å²) in [6.45, 7) is 7.82. The number of halogens is 5. The Morgan fingerprint density at radius 1 is 0.403 bits per heavy atom. The Bertz CT molecular complexity index is 5690. The SMILES string of the molecule is O=C(Nc1ccc(Cl)c(-c2ccccn2)c1)c1ccc(-n2cccn2)nc1.O=C(Nc1ccc(Cl)c(-c2ccccn2)c1)c1ccc(C(=O)N2CCOCC2)nc1.O=C(Nc1ccc(Cl)c(-c2ccccn2)c1)c1ccc(NCCC2=CCC=N2)nc1.O=C(Nc1ccc(Cl)c(-c2ccccn2)c1)c1cnc(NCCN2CCOCC2)c(Cl)c1. The van der Waals surface area contributed by atoms with E-state index in [1.165, 1.54) is 18.6 Å². The fourth-order valence-corrected chi connectivity index (χ4v) is 13.2. The van der Waals surface area contributed by atoms with Crippen LogP contribution in [0, 0.1) is 0 Å². The van der Waals surface area contributed by atoms with Crippen LogP contribution in [-0.2, 0) is 9.47 Å². The molecule has 2 saturated heterocycles. The quantitative estimate of drug-likeness (QED) is 0.0367. The van der Waals surface area contributed by atoms with Crippen LogP contribution in [0.5, 0.6) is 0 Å². The van der Waals surface area contributed by atoms with Gasteiger partial charge in [0.15, 0.2) is 5.82 Å². The standard InChI is InChI=1S/C23H23Cl2N5O2.C23H20ClN5O.C22H19ClN4O3.C20H14ClN5O/c24-19-5-4-17(14-18(19)21-3-1-2-6-26-21)29-23(31)16-13-20(25)22(28-15-16)27-7-8-30-9-11-32-12-10-30;24-20-8-7-18(14-19(20)21-5-1-2-11-26-21)29-23(30)16-6-9-22(28-15-16)27-13-10-17-4-3-12-25-17;23-18-6-5-16(13-17(18)19-3-1-2-8-24-19)26-21(28)15-4-7-20(25-14-15)22(29)27-9-11-30-12-10-27;21-17-7-6-15(12-16(17)18-4-1-2-9-22-18)25-20(27)14-5-8-19(23-13-14)26-11-3-10-24-26/h1-6,13-15H,7-12H2,(H,27,28)(H,29,31);1-2,4-9,11-12,14-15H,3,10,13H2,(H,27,28)(H,29,30);1-8,13-14H,9-12H2,(H,26,28);1-13H,(H,25,27). The number of morpholine rings is 2. The molecule has 600 valence electrons. The number of pyridine rings is 8. The Labute approximate surface area is 710 Å². The number of allylic oxidation sites excluding steroid dienone is 1. The largest absolute Gasteiger partial charge is 0.379 e. The Hall–Kier alpha value is -13.0. The molecule has 13 aromatic rings. The van der Waals surface area contributed by atoms with Gasteiger partial charge in [-0.15, -0.1) is 0 Å². The zero-order valence-electron chi connectivity index (χ0n) is 63.7. The lowest BCUT2D eigenvalue weighted by molar-refractivity contribution is 0.0299. The lowest BCUT2D eigenvalue weighted by Crippen LogP contribution is -2.41. The summed E-state index contributed by atoms with van der Waals surface area (Å²) in [5.41, 5.74) is 11.4. The van der Waals surface area contributed by atoms with E-state index < -0.39 is 0 Å². The Morgan fingerprint density at radius 2 is 0.857 bits per heavy atom. The third-order valence-corrected chi connectivity index (χ3v) is 19.9. The fourth-order valence-electron chi connectivity index (χ4n) is 12.1. The van der Waals surface area contributed by atoms with Crippen LogP contribution in [0.15, 0.2) is 273 Å². The van der Waals surface area contributed by atoms with E-state index in [0.717, 1.165) is 103 Å². The topological polar surface area (TPSA) is 316 Å². The minimum atomic E-state index is -0.331. The van der Waals surface area contributed by atoms with Crippen molar-refractivity contribution in [3.63, 3.8) is 0 Å². The van der Waals surface area contributed by atoms with E-state index in [1.807, 2.05) is 91.1 Å². The van der Waals surface area contributed by atoms with E-state index >= 15 is 0 Å². The molecule has 3 aliphatic rings. The monoisotopic (exact) mass is 1690 g/mol. The van der Waals surface area contributed by atoms with Crippen molar-refractivity contribution < 1.29 is 33.4 Å². The second-order valence-corrected chi connectivity index (χ2v) is 28.5. The van der Waals surface area contributed by atoms with Crippen molar-refractivity contribution in [2.24, 2.45) is 4.99 Å². The summed E-state index contributed by atoms with van der Waals surface area (Å²) < 4.78 is 12.2. The summed E-state index contributed by atoms with van der Waals surface area (Å²) in [5.74, 6) is 0.607. The first kappa shape index (κ1) is 83.9. The van der Waals surface area contributed by atoms with Gasteiger partial charge in [0.1, 0.15) is 17.3 Å². The zero-order chi connectivity index (χ0) is 82.7. The molecule has 2 fully saturated rings. The molecule has 16 rings (SSSR count). The number of nitrogens with zero attached hydrogens (tertiary/aromatic N) is 13. The maximum atomic E-state index is 12.7. The van der Waals surface area contributed by atoms with E-state index in [1.54, 1.807) is 162 Å². The highest BCUT2D eigenvalue weighted by Crippen LogP contribution is 2.34. The van der Waals surface area contributed by atoms with Crippen LogP contribution in [-0.4, -0.2) is 167 Å². The molecule has 12 heterocycles. The average Bonchev–Trinajstić information content (AvgIpc) is 1.07. The summed E-state index contributed by atoms with van der Waals surface area (Å²) in [6, 6.07) is 56.9. The van der Waals surface area contributed by atoms with Crippen LogP contribution in [0.1, 0.15) is 64.8 Å². The number of benzene rings is 4. The van der Waals surface area contributed by atoms with E-state index in [0.29, 0.717) is 126 Å². The molecule has 0 atom stereocenters. The number of ether oxygens (including phenoxy) is 2. The molecule has 31 heteroatoms. The van der Waals surface area contributed by atoms with Crippen LogP contribution in [0.25, 0.3) is 50.8 Å². The predicted molar refractivity (Wildman–Crippen MR) is 466 cm³/mol. The van der Waals surface area contributed by atoms with Gasteiger partial charge in [0.25, 0.3) is 29.5 Å². The molecule has 0 radical (unpaired) electrons. The number of hydrogen-bond acceptors (Lipinski definition) is 20. The highest BCUT2D eigenvalue weighted by atomic mass is 35.5. The number of anilines is 6. The molecule has 0 saturated carbocycles. The average molecular weight is 1690 g/mol. The molecular weight excluding hydrogens is 1610 g/mol. The molecule has 3 aliphatic heterocycles. The van der Waals surface area contributed by atoms with Crippen molar-refractivity contribution in [1.29, 1.82) is 0 Å². The maximum absolute atomic E-state index is 12.7. The van der Waals surface area contributed by atoms with Crippen LogP contribution < -0.4 is 31.9 Å². The number of carbonyl (C=O) groups is 5. The van der Waals surface area contributed by atoms with Crippen LogP contribution >= 0.6 is 58.0 Å². The maximum Gasteiger partial charge on any atom is 0.272 e. The highest BCUT2D eigenvalue weighted by molar-refractivity contribution is 6.35. The molecule has 26 nitrogen and oxygen atoms in total. The van der Waals surface area contributed by atoms with E-state index in [9.17, 15) is 24.0 Å². The first-order valence-electron chi connectivity index (χ1n) is 37.6. The van der Waals surface area contributed by atoms with Crippen molar-refractivity contribution in [1.82, 2.24) is 59.5 Å².